The van der Waals surface area contributed by atoms with E-state index in [-0.39, 0.29) is 16.2 Å². The van der Waals surface area contributed by atoms with Crippen molar-refractivity contribution in [2.45, 2.75) is 23.1 Å². The highest BCUT2D eigenvalue weighted by molar-refractivity contribution is 9.11. The zero-order valence-corrected chi connectivity index (χ0v) is 12.9. The van der Waals surface area contributed by atoms with Crippen LogP contribution in [0.3, 0.4) is 0 Å². The molecule has 18 heavy (non-hydrogen) atoms. The summed E-state index contributed by atoms with van der Waals surface area (Å²) in [5.41, 5.74) is 0. The van der Waals surface area contributed by atoms with Crippen molar-refractivity contribution in [1.29, 1.82) is 0 Å². The molecule has 1 N–H and O–H groups in total. The van der Waals surface area contributed by atoms with Crippen LogP contribution in [0.4, 0.5) is 0 Å². The third-order valence-electron chi connectivity index (χ3n) is 2.76. The number of nitrogens with zero attached hydrogens (tertiary/aromatic N) is 1. The molecule has 5 nitrogen and oxygen atoms in total. The molecular formula is C10H13BrN2O3S2. The standard InChI is InChI=1S/C10H13BrN2O3S2/c1-13-6-7(2-4-9(13)14)12-18(15,16)10-5-3-8(11)17-10/h3,5,7,12H,2,4,6H2,1H3. The summed E-state index contributed by atoms with van der Waals surface area (Å²) in [6.45, 7) is 0.421. The van der Waals surface area contributed by atoms with Crippen molar-refractivity contribution in [3.05, 3.63) is 15.9 Å². The van der Waals surface area contributed by atoms with Gasteiger partial charge in [-0.3, -0.25) is 4.79 Å². The second kappa shape index (κ2) is 5.28. The fourth-order valence-electron chi connectivity index (χ4n) is 1.83. The Morgan fingerprint density at radius 1 is 1.50 bits per heavy atom. The van der Waals surface area contributed by atoms with Crippen LogP contribution in [0.2, 0.25) is 0 Å². The lowest BCUT2D eigenvalue weighted by atomic mass is 10.1. The van der Waals surface area contributed by atoms with E-state index in [0.717, 1.165) is 3.79 Å². The van der Waals surface area contributed by atoms with Crippen LogP contribution >= 0.6 is 27.3 Å². The molecule has 0 aliphatic carbocycles. The minimum Gasteiger partial charge on any atom is -0.344 e. The van der Waals surface area contributed by atoms with Gasteiger partial charge in [0.05, 0.1) is 3.79 Å². The van der Waals surface area contributed by atoms with Crippen molar-refractivity contribution in [2.75, 3.05) is 13.6 Å². The number of sulfonamides is 1. The van der Waals surface area contributed by atoms with Gasteiger partial charge in [0.15, 0.2) is 0 Å². The first kappa shape index (κ1) is 14.0. The van der Waals surface area contributed by atoms with E-state index in [0.29, 0.717) is 19.4 Å². The lowest BCUT2D eigenvalue weighted by Crippen LogP contribution is -2.48. The predicted octanol–water partition coefficient (Wildman–Crippen LogP) is 1.41. The molecule has 1 aliphatic rings. The molecular weight excluding hydrogens is 340 g/mol. The number of likely N-dealkylation sites (N-methyl/N-ethyl adjacent to an activating group) is 1. The molecule has 0 bridgehead atoms. The van der Waals surface area contributed by atoms with E-state index in [1.807, 2.05) is 0 Å². The number of carbonyl (C=O) groups excluding carboxylic acids is 1. The monoisotopic (exact) mass is 352 g/mol. The second-order valence-electron chi connectivity index (χ2n) is 4.19. The summed E-state index contributed by atoms with van der Waals surface area (Å²) < 4.78 is 27.9. The van der Waals surface area contributed by atoms with Gasteiger partial charge >= 0.3 is 0 Å². The number of amides is 1. The quantitative estimate of drug-likeness (QED) is 0.894. The molecule has 1 aromatic rings. The smallest absolute Gasteiger partial charge is 0.250 e. The van der Waals surface area contributed by atoms with Gasteiger partial charge in [-0.05, 0) is 34.5 Å². The maximum Gasteiger partial charge on any atom is 0.250 e. The summed E-state index contributed by atoms with van der Waals surface area (Å²) in [5, 5.41) is 0. The summed E-state index contributed by atoms with van der Waals surface area (Å²) in [6, 6.07) is 3.06. The second-order valence-corrected chi connectivity index (χ2v) is 8.59. The molecule has 100 valence electrons. The first-order valence-electron chi connectivity index (χ1n) is 5.40. The zero-order valence-electron chi connectivity index (χ0n) is 9.72. The molecule has 1 unspecified atom stereocenters. The molecule has 2 heterocycles. The Morgan fingerprint density at radius 2 is 2.22 bits per heavy atom. The van der Waals surface area contributed by atoms with E-state index in [1.54, 1.807) is 24.1 Å². The third kappa shape index (κ3) is 3.11. The summed E-state index contributed by atoms with van der Waals surface area (Å²) in [4.78, 5) is 12.9. The number of thiophene rings is 1. The van der Waals surface area contributed by atoms with Crippen LogP contribution < -0.4 is 4.72 Å². The Kier molecular flexibility index (Phi) is 4.10. The number of rotatable bonds is 3. The van der Waals surface area contributed by atoms with Crippen molar-refractivity contribution < 1.29 is 13.2 Å². The van der Waals surface area contributed by atoms with Crippen LogP contribution in [0.25, 0.3) is 0 Å². The Bertz CT molecular complexity index is 555. The normalized spacial score (nSPS) is 21.3. The van der Waals surface area contributed by atoms with Gasteiger partial charge in [0.1, 0.15) is 4.21 Å². The van der Waals surface area contributed by atoms with Crippen molar-refractivity contribution in [3.8, 4) is 0 Å². The number of likely N-dealkylation sites (tertiary alicyclic amines) is 1. The molecule has 1 aromatic heterocycles. The van der Waals surface area contributed by atoms with Crippen molar-refractivity contribution in [2.24, 2.45) is 0 Å². The first-order valence-corrected chi connectivity index (χ1v) is 8.49. The van der Waals surface area contributed by atoms with E-state index < -0.39 is 10.0 Å². The fourth-order valence-corrected chi connectivity index (χ4v) is 5.12. The molecule has 8 heteroatoms. The van der Waals surface area contributed by atoms with E-state index >= 15 is 0 Å². The van der Waals surface area contributed by atoms with E-state index in [1.165, 1.54) is 11.3 Å². The van der Waals surface area contributed by atoms with Crippen LogP contribution in [0.15, 0.2) is 20.1 Å². The molecule has 1 saturated heterocycles. The highest BCUT2D eigenvalue weighted by atomic mass is 79.9. The van der Waals surface area contributed by atoms with Crippen molar-refractivity contribution in [3.63, 3.8) is 0 Å². The molecule has 0 aromatic carbocycles. The highest BCUT2D eigenvalue weighted by Gasteiger charge is 2.27. The largest absolute Gasteiger partial charge is 0.344 e. The van der Waals surface area contributed by atoms with Gasteiger partial charge in [-0.15, -0.1) is 11.3 Å². The minimum absolute atomic E-state index is 0.0596. The van der Waals surface area contributed by atoms with Crippen LogP contribution in [-0.2, 0) is 14.8 Å². The minimum atomic E-state index is -3.48. The van der Waals surface area contributed by atoms with Gasteiger partial charge in [-0.25, -0.2) is 13.1 Å². The lowest BCUT2D eigenvalue weighted by Gasteiger charge is -2.29. The number of halogens is 1. The molecule has 2 rings (SSSR count). The number of hydrogen-bond donors (Lipinski definition) is 1. The molecule has 0 saturated carbocycles. The van der Waals surface area contributed by atoms with Gasteiger partial charge in [0.25, 0.3) is 0 Å². The number of piperidine rings is 1. The maximum absolute atomic E-state index is 12.1. The third-order valence-corrected chi connectivity index (χ3v) is 6.40. The molecule has 1 aliphatic heterocycles. The molecule has 0 spiro atoms. The predicted molar refractivity (Wildman–Crippen MR) is 73.0 cm³/mol. The average molecular weight is 353 g/mol. The Labute approximate surface area is 118 Å². The summed E-state index contributed by atoms with van der Waals surface area (Å²) in [7, 11) is -1.79. The average Bonchev–Trinajstić information content (AvgIpc) is 2.71. The maximum atomic E-state index is 12.1. The molecule has 1 atom stereocenters. The van der Waals surface area contributed by atoms with Gasteiger partial charge in [0, 0.05) is 26.1 Å². The Balaban J connectivity index is 2.07. The fraction of sp³-hybridized carbons (Fsp3) is 0.500. The van der Waals surface area contributed by atoms with Crippen LogP contribution in [-0.4, -0.2) is 38.9 Å². The SMILES string of the molecule is CN1CC(NS(=O)(=O)c2ccc(Br)s2)CCC1=O. The molecule has 0 radical (unpaired) electrons. The topological polar surface area (TPSA) is 66.5 Å². The number of hydrogen-bond acceptors (Lipinski definition) is 4. The van der Waals surface area contributed by atoms with Gasteiger partial charge in [-0.2, -0.15) is 0 Å². The number of nitrogens with one attached hydrogen (secondary N) is 1. The van der Waals surface area contributed by atoms with Crippen LogP contribution in [0.5, 0.6) is 0 Å². The highest BCUT2D eigenvalue weighted by Crippen LogP contribution is 2.26. The van der Waals surface area contributed by atoms with Crippen LogP contribution in [0.1, 0.15) is 12.8 Å². The zero-order chi connectivity index (χ0) is 13.3. The van der Waals surface area contributed by atoms with E-state index in [9.17, 15) is 13.2 Å². The molecule has 1 amide bonds. The Hall–Kier alpha value is -0.440. The number of carbonyl (C=O) groups is 1. The van der Waals surface area contributed by atoms with Crippen molar-refractivity contribution in [1.82, 2.24) is 9.62 Å². The summed E-state index contributed by atoms with van der Waals surface area (Å²) >= 11 is 4.41. The summed E-state index contributed by atoms with van der Waals surface area (Å²) in [5.74, 6) is 0.0596. The van der Waals surface area contributed by atoms with Gasteiger partial charge in [-0.1, -0.05) is 0 Å². The van der Waals surface area contributed by atoms with Crippen molar-refractivity contribution >= 4 is 43.2 Å². The Morgan fingerprint density at radius 3 is 2.78 bits per heavy atom. The van der Waals surface area contributed by atoms with Gasteiger partial charge < -0.3 is 4.90 Å². The lowest BCUT2D eigenvalue weighted by molar-refractivity contribution is -0.132. The van der Waals surface area contributed by atoms with Crippen LogP contribution in [0, 0.1) is 0 Å². The van der Waals surface area contributed by atoms with Gasteiger partial charge in [0.2, 0.25) is 15.9 Å². The first-order chi connectivity index (χ1) is 8.38. The van der Waals surface area contributed by atoms with E-state index in [2.05, 4.69) is 20.7 Å². The molecule has 1 fully saturated rings. The summed E-state index contributed by atoms with van der Waals surface area (Å²) in [6.07, 6.45) is 0.937. The van der Waals surface area contributed by atoms with E-state index in [4.69, 9.17) is 0 Å².